The number of carbonyl (C=O) groups excluding carboxylic acids is 1. The lowest BCUT2D eigenvalue weighted by atomic mass is 10.1. The molecule has 1 N–H and O–H groups in total. The van der Waals surface area contributed by atoms with Crippen LogP contribution >= 0.6 is 0 Å². The summed E-state index contributed by atoms with van der Waals surface area (Å²) in [4.78, 5) is 22.0. The Balaban J connectivity index is 1.91. The van der Waals surface area contributed by atoms with Crippen molar-refractivity contribution in [3.8, 4) is 11.1 Å². The Labute approximate surface area is 141 Å². The minimum absolute atomic E-state index is 0.0199. The number of hydrogen-bond acceptors (Lipinski definition) is 4. The summed E-state index contributed by atoms with van der Waals surface area (Å²) in [6, 6.07) is 17.3. The van der Waals surface area contributed by atoms with E-state index in [1.807, 2.05) is 54.6 Å². The lowest BCUT2D eigenvalue weighted by molar-refractivity contribution is 0.0827. The highest BCUT2D eigenvalue weighted by atomic mass is 16.2. The monoisotopic (exact) mass is 318 g/mol. The molecule has 0 unspecified atom stereocenters. The highest BCUT2D eigenvalue weighted by Gasteiger charge is 2.10. The summed E-state index contributed by atoms with van der Waals surface area (Å²) in [6.07, 6.45) is 3.28. The number of nitrogens with one attached hydrogen (secondary N) is 1. The summed E-state index contributed by atoms with van der Waals surface area (Å²) < 4.78 is 0. The number of carbonyl (C=O) groups is 1. The standard InChI is InChI=1S/C19H18N4O/c1-23(2)19(24)15-10-8-14(9-11-15)17-12-20-13-21-18(17)22-16-6-4-3-5-7-16/h3-13H,1-2H3,(H,20,21,22). The van der Waals surface area contributed by atoms with Crippen LogP contribution < -0.4 is 5.32 Å². The fourth-order valence-electron chi connectivity index (χ4n) is 2.35. The third-order valence-corrected chi connectivity index (χ3v) is 3.60. The maximum Gasteiger partial charge on any atom is 0.253 e. The number of anilines is 2. The molecule has 0 bridgehead atoms. The molecule has 5 nitrogen and oxygen atoms in total. The molecule has 0 saturated carbocycles. The summed E-state index contributed by atoms with van der Waals surface area (Å²) in [5.74, 6) is 0.705. The van der Waals surface area contributed by atoms with Crippen LogP contribution in [0, 0.1) is 0 Å². The zero-order valence-corrected chi connectivity index (χ0v) is 13.6. The molecule has 24 heavy (non-hydrogen) atoms. The van der Waals surface area contributed by atoms with E-state index in [9.17, 15) is 4.79 Å². The van der Waals surface area contributed by atoms with Gasteiger partial charge in [-0.15, -0.1) is 0 Å². The molecule has 3 aromatic rings. The van der Waals surface area contributed by atoms with Crippen molar-refractivity contribution in [2.75, 3.05) is 19.4 Å². The molecular weight excluding hydrogens is 300 g/mol. The third-order valence-electron chi connectivity index (χ3n) is 3.60. The molecule has 0 aliphatic carbocycles. The number of amides is 1. The maximum absolute atomic E-state index is 12.0. The predicted molar refractivity (Wildman–Crippen MR) is 95.2 cm³/mol. The summed E-state index contributed by atoms with van der Waals surface area (Å²) >= 11 is 0. The molecule has 1 aromatic heterocycles. The highest BCUT2D eigenvalue weighted by Crippen LogP contribution is 2.27. The molecule has 0 saturated heterocycles. The molecule has 2 aromatic carbocycles. The molecule has 5 heteroatoms. The van der Waals surface area contributed by atoms with Crippen LogP contribution in [0.25, 0.3) is 11.1 Å². The SMILES string of the molecule is CN(C)C(=O)c1ccc(-c2cncnc2Nc2ccccc2)cc1. The van der Waals surface area contributed by atoms with E-state index in [2.05, 4.69) is 15.3 Å². The molecule has 1 amide bonds. The summed E-state index contributed by atoms with van der Waals surface area (Å²) in [7, 11) is 3.48. The van der Waals surface area contributed by atoms with E-state index in [4.69, 9.17) is 0 Å². The lowest BCUT2D eigenvalue weighted by Gasteiger charge is -2.12. The van der Waals surface area contributed by atoms with Crippen molar-refractivity contribution >= 4 is 17.4 Å². The van der Waals surface area contributed by atoms with Gasteiger partial charge in [-0.2, -0.15) is 0 Å². The topological polar surface area (TPSA) is 58.1 Å². The first-order chi connectivity index (χ1) is 11.6. The average molecular weight is 318 g/mol. The van der Waals surface area contributed by atoms with E-state index in [0.717, 1.165) is 22.6 Å². The van der Waals surface area contributed by atoms with Crippen molar-refractivity contribution in [3.05, 3.63) is 72.7 Å². The molecule has 0 spiro atoms. The first-order valence-electron chi connectivity index (χ1n) is 7.59. The van der Waals surface area contributed by atoms with Crippen LogP contribution in [0.2, 0.25) is 0 Å². The van der Waals surface area contributed by atoms with Gasteiger partial charge >= 0.3 is 0 Å². The van der Waals surface area contributed by atoms with Gasteiger partial charge < -0.3 is 10.2 Å². The van der Waals surface area contributed by atoms with Crippen LogP contribution in [0.15, 0.2) is 67.1 Å². The van der Waals surface area contributed by atoms with E-state index in [-0.39, 0.29) is 5.91 Å². The molecule has 120 valence electrons. The number of aromatic nitrogens is 2. The Morgan fingerprint density at radius 2 is 1.71 bits per heavy atom. The van der Waals surface area contributed by atoms with E-state index >= 15 is 0 Å². The minimum atomic E-state index is -0.0199. The highest BCUT2D eigenvalue weighted by molar-refractivity contribution is 5.94. The Bertz CT molecular complexity index is 830. The number of rotatable bonds is 4. The predicted octanol–water partition coefficient (Wildman–Crippen LogP) is 3.59. The van der Waals surface area contributed by atoms with Crippen LogP contribution in [-0.4, -0.2) is 34.9 Å². The van der Waals surface area contributed by atoms with Crippen LogP contribution in [0.4, 0.5) is 11.5 Å². The van der Waals surface area contributed by atoms with Gasteiger partial charge in [0.15, 0.2) is 0 Å². The maximum atomic E-state index is 12.0. The van der Waals surface area contributed by atoms with Gasteiger partial charge in [-0.1, -0.05) is 30.3 Å². The van der Waals surface area contributed by atoms with Crippen LogP contribution in [0.3, 0.4) is 0 Å². The van der Waals surface area contributed by atoms with Crippen LogP contribution in [0.5, 0.6) is 0 Å². The summed E-state index contributed by atoms with van der Waals surface area (Å²) in [5, 5.41) is 3.30. The van der Waals surface area contributed by atoms with E-state index in [1.54, 1.807) is 25.2 Å². The molecule has 3 rings (SSSR count). The molecule has 0 atom stereocenters. The minimum Gasteiger partial charge on any atom is -0.345 e. The smallest absolute Gasteiger partial charge is 0.253 e. The second-order valence-electron chi connectivity index (χ2n) is 5.55. The van der Waals surface area contributed by atoms with Crippen molar-refractivity contribution in [2.24, 2.45) is 0 Å². The van der Waals surface area contributed by atoms with Crippen molar-refractivity contribution in [2.45, 2.75) is 0 Å². The van der Waals surface area contributed by atoms with E-state index in [1.165, 1.54) is 6.33 Å². The van der Waals surface area contributed by atoms with Gasteiger partial charge in [0, 0.05) is 37.1 Å². The molecule has 0 aliphatic rings. The van der Waals surface area contributed by atoms with Gasteiger partial charge in [-0.25, -0.2) is 9.97 Å². The molecular formula is C19H18N4O. The lowest BCUT2D eigenvalue weighted by Crippen LogP contribution is -2.21. The Hall–Kier alpha value is -3.21. The number of para-hydroxylation sites is 1. The average Bonchev–Trinajstić information content (AvgIpc) is 2.62. The summed E-state index contributed by atoms with van der Waals surface area (Å²) in [6.45, 7) is 0. The van der Waals surface area contributed by atoms with E-state index < -0.39 is 0 Å². The van der Waals surface area contributed by atoms with Crippen LogP contribution in [-0.2, 0) is 0 Å². The zero-order chi connectivity index (χ0) is 16.9. The normalized spacial score (nSPS) is 10.2. The number of hydrogen-bond donors (Lipinski definition) is 1. The van der Waals surface area contributed by atoms with Gasteiger partial charge in [0.1, 0.15) is 12.1 Å². The second kappa shape index (κ2) is 6.91. The second-order valence-corrected chi connectivity index (χ2v) is 5.55. The van der Waals surface area contributed by atoms with Gasteiger partial charge in [-0.3, -0.25) is 4.79 Å². The molecule has 0 radical (unpaired) electrons. The van der Waals surface area contributed by atoms with Gasteiger partial charge in [0.25, 0.3) is 5.91 Å². The number of nitrogens with zero attached hydrogens (tertiary/aromatic N) is 3. The van der Waals surface area contributed by atoms with Gasteiger partial charge in [0.05, 0.1) is 0 Å². The Kier molecular flexibility index (Phi) is 4.52. The largest absolute Gasteiger partial charge is 0.345 e. The van der Waals surface area contributed by atoms with Crippen molar-refractivity contribution in [1.29, 1.82) is 0 Å². The fourth-order valence-corrected chi connectivity index (χ4v) is 2.35. The van der Waals surface area contributed by atoms with Gasteiger partial charge in [0.2, 0.25) is 0 Å². The quantitative estimate of drug-likeness (QED) is 0.798. The molecule has 0 fully saturated rings. The fraction of sp³-hybridized carbons (Fsp3) is 0.105. The van der Waals surface area contributed by atoms with Crippen molar-refractivity contribution in [1.82, 2.24) is 14.9 Å². The van der Waals surface area contributed by atoms with Crippen molar-refractivity contribution < 1.29 is 4.79 Å². The van der Waals surface area contributed by atoms with Gasteiger partial charge in [-0.05, 0) is 29.8 Å². The summed E-state index contributed by atoms with van der Waals surface area (Å²) in [5.41, 5.74) is 3.43. The Morgan fingerprint density at radius 3 is 2.38 bits per heavy atom. The van der Waals surface area contributed by atoms with Crippen LogP contribution in [0.1, 0.15) is 10.4 Å². The zero-order valence-electron chi connectivity index (χ0n) is 13.6. The third kappa shape index (κ3) is 3.41. The first kappa shape index (κ1) is 15.7. The number of benzene rings is 2. The Morgan fingerprint density at radius 1 is 1.00 bits per heavy atom. The first-order valence-corrected chi connectivity index (χ1v) is 7.59. The molecule has 1 heterocycles. The molecule has 0 aliphatic heterocycles. The van der Waals surface area contributed by atoms with E-state index in [0.29, 0.717) is 5.56 Å². The van der Waals surface area contributed by atoms with Crippen molar-refractivity contribution in [3.63, 3.8) is 0 Å².